The lowest BCUT2D eigenvalue weighted by Gasteiger charge is -2.39. The van der Waals surface area contributed by atoms with Gasteiger partial charge in [0.2, 0.25) is 9.84 Å². The summed E-state index contributed by atoms with van der Waals surface area (Å²) in [4.78, 5) is 1.53. The van der Waals surface area contributed by atoms with E-state index >= 15 is 0 Å². The first-order valence-electron chi connectivity index (χ1n) is 6.42. The summed E-state index contributed by atoms with van der Waals surface area (Å²) in [5.74, 6) is -3.09. The quantitative estimate of drug-likeness (QED) is 0.754. The minimum Gasteiger partial charge on any atom is -0.366 e. The van der Waals surface area contributed by atoms with Crippen molar-refractivity contribution >= 4 is 27.1 Å². The van der Waals surface area contributed by atoms with E-state index in [0.717, 1.165) is 19.3 Å². The molecule has 7 heteroatoms. The van der Waals surface area contributed by atoms with E-state index in [-0.39, 0.29) is 10.9 Å². The number of para-hydroxylation sites is 1. The second-order valence-corrected chi connectivity index (χ2v) is 7.00. The molecule has 0 bridgehead atoms. The van der Waals surface area contributed by atoms with Gasteiger partial charge in [0.05, 0.1) is 10.6 Å². The molecule has 0 amide bonds. The van der Waals surface area contributed by atoms with Crippen LogP contribution >= 0.6 is 11.6 Å². The van der Waals surface area contributed by atoms with Crippen LogP contribution in [0.5, 0.6) is 0 Å². The van der Waals surface area contributed by atoms with Gasteiger partial charge in [-0.15, -0.1) is 11.6 Å². The van der Waals surface area contributed by atoms with Gasteiger partial charge in [-0.25, -0.2) is 8.42 Å². The topological polar surface area (TPSA) is 37.4 Å². The number of anilines is 1. The van der Waals surface area contributed by atoms with E-state index in [0.29, 0.717) is 18.1 Å². The molecule has 0 unspecified atom stereocenters. The number of benzene rings is 1. The summed E-state index contributed by atoms with van der Waals surface area (Å²) >= 11 is 5.76. The van der Waals surface area contributed by atoms with Crippen LogP contribution in [0, 0.1) is 0 Å². The number of rotatable bonds is 6. The molecule has 0 atom stereocenters. The average Bonchev–Trinajstić information content (AvgIpc) is 2.36. The molecule has 0 radical (unpaired) electrons. The lowest BCUT2D eigenvalue weighted by Crippen LogP contribution is -2.42. The molecule has 0 heterocycles. The molecule has 112 valence electrons. The zero-order valence-corrected chi connectivity index (χ0v) is 12.4. The Morgan fingerprint density at radius 1 is 1.30 bits per heavy atom. The first-order valence-corrected chi connectivity index (χ1v) is 8.50. The number of halogens is 3. The van der Waals surface area contributed by atoms with Crippen molar-refractivity contribution in [2.24, 2.45) is 0 Å². The summed E-state index contributed by atoms with van der Waals surface area (Å²) in [6, 6.07) is 6.09. The molecule has 0 N–H and O–H groups in total. The van der Waals surface area contributed by atoms with Crippen molar-refractivity contribution in [3.8, 4) is 0 Å². The van der Waals surface area contributed by atoms with Gasteiger partial charge in [0.1, 0.15) is 0 Å². The van der Waals surface area contributed by atoms with Gasteiger partial charge in [0, 0.05) is 18.5 Å². The maximum absolute atomic E-state index is 12.8. The Kier molecular flexibility index (Phi) is 4.86. The summed E-state index contributed by atoms with van der Waals surface area (Å²) in [7, 11) is -4.61. The number of hydrogen-bond acceptors (Lipinski definition) is 3. The smallest absolute Gasteiger partial charge is 0.341 e. The van der Waals surface area contributed by atoms with Crippen molar-refractivity contribution in [1.82, 2.24) is 0 Å². The van der Waals surface area contributed by atoms with E-state index in [1.807, 2.05) is 4.90 Å². The van der Waals surface area contributed by atoms with Gasteiger partial charge in [-0.1, -0.05) is 12.1 Å². The molecular weight excluding hydrogens is 308 g/mol. The summed E-state index contributed by atoms with van der Waals surface area (Å²) in [5.41, 5.74) is 0.332. The molecule has 1 aliphatic carbocycles. The molecule has 0 spiro atoms. The summed E-state index contributed by atoms with van der Waals surface area (Å²) in [6.07, 6.45) is 2.92. The van der Waals surface area contributed by atoms with Crippen molar-refractivity contribution in [2.75, 3.05) is 17.3 Å². The lowest BCUT2D eigenvalue weighted by molar-refractivity contribution is 0.234. The van der Waals surface area contributed by atoms with Crippen LogP contribution < -0.4 is 4.90 Å². The van der Waals surface area contributed by atoms with Crippen LogP contribution in [-0.4, -0.2) is 32.6 Å². The van der Waals surface area contributed by atoms with E-state index in [1.54, 1.807) is 12.1 Å². The Hall–Kier alpha value is -0.880. The normalized spacial score (nSPS) is 16.2. The van der Waals surface area contributed by atoms with Crippen molar-refractivity contribution in [3.05, 3.63) is 24.3 Å². The van der Waals surface area contributed by atoms with E-state index in [1.165, 1.54) is 12.1 Å². The molecule has 2 rings (SSSR count). The number of hydrogen-bond donors (Lipinski definition) is 0. The minimum atomic E-state index is -4.61. The van der Waals surface area contributed by atoms with Gasteiger partial charge in [-0.3, -0.25) is 0 Å². The summed E-state index contributed by atoms with van der Waals surface area (Å²) in [5, 5.41) is 0. The van der Waals surface area contributed by atoms with Crippen LogP contribution in [0.3, 0.4) is 0 Å². The van der Waals surface area contributed by atoms with E-state index in [9.17, 15) is 17.2 Å². The zero-order valence-electron chi connectivity index (χ0n) is 10.8. The first-order chi connectivity index (χ1) is 9.48. The third-order valence-corrected chi connectivity index (χ3v) is 5.15. The highest BCUT2D eigenvalue weighted by Crippen LogP contribution is 2.35. The fraction of sp³-hybridized carbons (Fsp3) is 0.538. The molecule has 0 saturated heterocycles. The van der Waals surface area contributed by atoms with E-state index in [2.05, 4.69) is 0 Å². The van der Waals surface area contributed by atoms with Crippen molar-refractivity contribution in [1.29, 1.82) is 0 Å². The maximum atomic E-state index is 12.8. The number of alkyl halides is 3. The second kappa shape index (κ2) is 6.26. The van der Waals surface area contributed by atoms with Crippen molar-refractivity contribution in [3.63, 3.8) is 0 Å². The maximum Gasteiger partial charge on any atom is 0.341 e. The third-order valence-electron chi connectivity index (χ3n) is 3.56. The Morgan fingerprint density at radius 2 is 1.95 bits per heavy atom. The van der Waals surface area contributed by atoms with Crippen LogP contribution in [0.2, 0.25) is 0 Å². The molecule has 3 nitrogen and oxygen atoms in total. The first kappa shape index (κ1) is 15.5. The van der Waals surface area contributed by atoms with Gasteiger partial charge in [0.25, 0.3) is 0 Å². The van der Waals surface area contributed by atoms with Crippen molar-refractivity contribution < 1.29 is 17.2 Å². The largest absolute Gasteiger partial charge is 0.366 e. The highest BCUT2D eigenvalue weighted by molar-refractivity contribution is 7.91. The predicted octanol–water partition coefficient (Wildman–Crippen LogP) is 3.28. The van der Waals surface area contributed by atoms with Gasteiger partial charge in [-0.2, -0.15) is 8.78 Å². The second-order valence-electron chi connectivity index (χ2n) is 4.74. The lowest BCUT2D eigenvalue weighted by atomic mass is 9.91. The van der Waals surface area contributed by atoms with Crippen LogP contribution in [0.25, 0.3) is 0 Å². The molecule has 20 heavy (non-hydrogen) atoms. The number of sulfone groups is 1. The Morgan fingerprint density at radius 3 is 2.45 bits per heavy atom. The van der Waals surface area contributed by atoms with Gasteiger partial charge >= 0.3 is 5.76 Å². The highest BCUT2D eigenvalue weighted by atomic mass is 35.5. The van der Waals surface area contributed by atoms with Crippen molar-refractivity contribution in [2.45, 2.75) is 36.0 Å². The average molecular weight is 324 g/mol. The molecule has 0 aromatic heterocycles. The summed E-state index contributed by atoms with van der Waals surface area (Å²) < 4.78 is 49.1. The van der Waals surface area contributed by atoms with Crippen LogP contribution in [-0.2, 0) is 9.84 Å². The fourth-order valence-electron chi connectivity index (χ4n) is 2.32. The molecule has 1 fully saturated rings. The van der Waals surface area contributed by atoms with E-state index in [4.69, 9.17) is 11.6 Å². The molecule has 1 aromatic carbocycles. The van der Waals surface area contributed by atoms with Crippen LogP contribution in [0.4, 0.5) is 14.5 Å². The Balaban J connectivity index is 2.45. The predicted molar refractivity (Wildman–Crippen MR) is 75.3 cm³/mol. The van der Waals surface area contributed by atoms with Crippen LogP contribution in [0.1, 0.15) is 19.3 Å². The highest BCUT2D eigenvalue weighted by Gasteiger charge is 2.33. The van der Waals surface area contributed by atoms with Gasteiger partial charge in [0.15, 0.2) is 0 Å². The van der Waals surface area contributed by atoms with Crippen LogP contribution in [0.15, 0.2) is 29.2 Å². The Labute approximate surface area is 122 Å². The van der Waals surface area contributed by atoms with Gasteiger partial charge in [-0.05, 0) is 31.4 Å². The zero-order chi connectivity index (χ0) is 14.8. The van der Waals surface area contributed by atoms with Gasteiger partial charge < -0.3 is 4.90 Å². The third kappa shape index (κ3) is 2.91. The number of nitrogens with zero attached hydrogens (tertiary/aromatic N) is 1. The van der Waals surface area contributed by atoms with E-state index < -0.39 is 15.6 Å². The Bertz CT molecular complexity index is 561. The minimum absolute atomic E-state index is 0.183. The monoisotopic (exact) mass is 323 g/mol. The fourth-order valence-corrected chi connectivity index (χ4v) is 3.44. The molecule has 0 aliphatic heterocycles. The molecule has 1 aliphatic rings. The standard InChI is InChI=1S/C13H16ClF2NO2S/c14-8-9-17(10-4-3-5-10)11-6-1-2-7-12(11)20(18,19)13(15)16/h1-2,6-7,10,13H,3-5,8-9H2. The molecule has 1 aromatic rings. The SMILES string of the molecule is O=S(=O)(c1ccccc1N(CCCl)C1CCC1)C(F)F. The summed E-state index contributed by atoms with van der Waals surface area (Å²) in [6.45, 7) is 0.446. The molecular formula is C13H16ClF2NO2S. The molecule has 1 saturated carbocycles.